The summed E-state index contributed by atoms with van der Waals surface area (Å²) in [6.45, 7) is 1.31. The maximum atomic E-state index is 11.6. The molecule has 0 aliphatic heterocycles. The highest BCUT2D eigenvalue weighted by Gasteiger charge is 2.16. The zero-order chi connectivity index (χ0) is 14.3. The van der Waals surface area contributed by atoms with E-state index in [-0.39, 0.29) is 5.57 Å². The number of rotatable bonds is 5. The number of hydrogen-bond acceptors (Lipinski definition) is 5. The van der Waals surface area contributed by atoms with Crippen molar-refractivity contribution in [3.63, 3.8) is 0 Å². The molecule has 0 aromatic carbocycles. The van der Waals surface area contributed by atoms with Crippen molar-refractivity contribution < 1.29 is 14.7 Å². The van der Waals surface area contributed by atoms with Gasteiger partial charge in [-0.1, -0.05) is 6.07 Å². The Morgan fingerprint density at radius 3 is 2.79 bits per heavy atom. The van der Waals surface area contributed by atoms with Crippen molar-refractivity contribution in [1.82, 2.24) is 10.3 Å². The Kier molecular flexibility index (Phi) is 5.04. The lowest BCUT2D eigenvalue weighted by Crippen LogP contribution is -2.39. The zero-order valence-corrected chi connectivity index (χ0v) is 10.1. The van der Waals surface area contributed by atoms with E-state index in [9.17, 15) is 9.59 Å². The van der Waals surface area contributed by atoms with Crippen LogP contribution < -0.4 is 10.6 Å². The van der Waals surface area contributed by atoms with Gasteiger partial charge in [0.1, 0.15) is 23.5 Å². The van der Waals surface area contributed by atoms with Crippen molar-refractivity contribution in [2.75, 3.05) is 5.32 Å². The average molecular weight is 260 g/mol. The molecular formula is C12H12N4O3. The number of nitriles is 1. The van der Waals surface area contributed by atoms with E-state index in [1.54, 1.807) is 30.5 Å². The second kappa shape index (κ2) is 6.76. The Hall–Kier alpha value is -2.88. The van der Waals surface area contributed by atoms with E-state index in [1.807, 2.05) is 0 Å². The monoisotopic (exact) mass is 260 g/mol. The minimum absolute atomic E-state index is 0.237. The minimum Gasteiger partial charge on any atom is -0.480 e. The van der Waals surface area contributed by atoms with Crippen LogP contribution >= 0.6 is 0 Å². The number of carbonyl (C=O) groups is 2. The molecule has 1 unspecified atom stereocenters. The Morgan fingerprint density at radius 1 is 1.53 bits per heavy atom. The van der Waals surface area contributed by atoms with Gasteiger partial charge in [-0.25, -0.2) is 4.98 Å². The number of anilines is 1. The molecule has 1 heterocycles. The molecule has 1 rings (SSSR count). The second-order valence-corrected chi connectivity index (χ2v) is 3.56. The molecule has 98 valence electrons. The van der Waals surface area contributed by atoms with E-state index < -0.39 is 17.9 Å². The number of carboxylic acid groups (broad SMARTS) is 1. The second-order valence-electron chi connectivity index (χ2n) is 3.56. The molecule has 1 aromatic heterocycles. The van der Waals surface area contributed by atoms with E-state index in [4.69, 9.17) is 10.4 Å². The third-order valence-electron chi connectivity index (χ3n) is 2.11. The molecule has 1 aromatic rings. The van der Waals surface area contributed by atoms with E-state index in [0.717, 1.165) is 0 Å². The van der Waals surface area contributed by atoms with Gasteiger partial charge in [-0.3, -0.25) is 9.59 Å². The summed E-state index contributed by atoms with van der Waals surface area (Å²) in [7, 11) is 0. The standard InChI is InChI=1S/C12H12N4O3/c1-8(12(18)19)16-11(17)9(6-13)7-15-10-4-2-3-5-14-10/h2-5,7-8H,1H3,(H,14,15)(H,16,17)(H,18,19)/b9-7-. The summed E-state index contributed by atoms with van der Waals surface area (Å²) >= 11 is 0. The maximum Gasteiger partial charge on any atom is 0.325 e. The quantitative estimate of drug-likeness (QED) is 0.524. The number of aliphatic carboxylic acids is 1. The molecule has 3 N–H and O–H groups in total. The van der Waals surface area contributed by atoms with Crippen LogP contribution in [-0.2, 0) is 9.59 Å². The topological polar surface area (TPSA) is 115 Å². The van der Waals surface area contributed by atoms with Crippen molar-refractivity contribution in [1.29, 1.82) is 5.26 Å². The fourth-order valence-corrected chi connectivity index (χ4v) is 1.08. The summed E-state index contributed by atoms with van der Waals surface area (Å²) in [5, 5.41) is 22.3. The van der Waals surface area contributed by atoms with Crippen molar-refractivity contribution >= 4 is 17.7 Å². The smallest absolute Gasteiger partial charge is 0.325 e. The molecule has 0 spiro atoms. The van der Waals surface area contributed by atoms with Gasteiger partial charge in [0.15, 0.2) is 0 Å². The maximum absolute atomic E-state index is 11.6. The summed E-state index contributed by atoms with van der Waals surface area (Å²) in [5.74, 6) is -1.47. The van der Waals surface area contributed by atoms with Gasteiger partial charge in [0, 0.05) is 12.4 Å². The van der Waals surface area contributed by atoms with Gasteiger partial charge < -0.3 is 15.7 Å². The summed E-state index contributed by atoms with van der Waals surface area (Å²) < 4.78 is 0. The van der Waals surface area contributed by atoms with Crippen LogP contribution in [0.3, 0.4) is 0 Å². The van der Waals surface area contributed by atoms with Gasteiger partial charge in [0.05, 0.1) is 0 Å². The van der Waals surface area contributed by atoms with Crippen LogP contribution in [0.4, 0.5) is 5.82 Å². The summed E-state index contributed by atoms with van der Waals surface area (Å²) in [6.07, 6.45) is 2.72. The Bertz CT molecular complexity index is 534. The summed E-state index contributed by atoms with van der Waals surface area (Å²) in [5.41, 5.74) is -0.237. The minimum atomic E-state index is -1.18. The number of hydrogen-bond donors (Lipinski definition) is 3. The highest BCUT2D eigenvalue weighted by Crippen LogP contribution is 2.02. The molecule has 1 atom stereocenters. The SMILES string of the molecule is CC(NC(=O)/C(C#N)=C\Nc1ccccn1)C(=O)O. The zero-order valence-electron chi connectivity index (χ0n) is 10.1. The molecule has 0 aliphatic carbocycles. The first-order valence-corrected chi connectivity index (χ1v) is 5.36. The van der Waals surface area contributed by atoms with E-state index in [2.05, 4.69) is 15.6 Å². The molecule has 0 bridgehead atoms. The van der Waals surface area contributed by atoms with Crippen molar-refractivity contribution in [2.45, 2.75) is 13.0 Å². The van der Waals surface area contributed by atoms with Crippen LogP contribution in [-0.4, -0.2) is 28.0 Å². The van der Waals surface area contributed by atoms with Crippen LogP contribution in [0.2, 0.25) is 0 Å². The predicted molar refractivity (Wildman–Crippen MR) is 66.8 cm³/mol. The Morgan fingerprint density at radius 2 is 2.26 bits per heavy atom. The van der Waals surface area contributed by atoms with Crippen LogP contribution in [0.15, 0.2) is 36.2 Å². The number of carboxylic acids is 1. The van der Waals surface area contributed by atoms with Gasteiger partial charge in [-0.2, -0.15) is 5.26 Å². The number of amides is 1. The number of nitrogens with zero attached hydrogens (tertiary/aromatic N) is 2. The molecule has 1 amide bonds. The Balaban J connectivity index is 2.70. The van der Waals surface area contributed by atoms with Crippen LogP contribution in [0.25, 0.3) is 0 Å². The van der Waals surface area contributed by atoms with Gasteiger partial charge in [-0.05, 0) is 19.1 Å². The van der Waals surface area contributed by atoms with Gasteiger partial charge in [0.2, 0.25) is 0 Å². The summed E-state index contributed by atoms with van der Waals surface area (Å²) in [6, 6.07) is 5.73. The molecule has 0 saturated carbocycles. The molecule has 7 nitrogen and oxygen atoms in total. The van der Waals surface area contributed by atoms with Crippen LogP contribution in [0, 0.1) is 11.3 Å². The van der Waals surface area contributed by atoms with E-state index in [0.29, 0.717) is 5.82 Å². The average Bonchev–Trinajstić information content (AvgIpc) is 2.40. The molecule has 0 saturated heterocycles. The van der Waals surface area contributed by atoms with E-state index in [1.165, 1.54) is 13.1 Å². The number of aromatic nitrogens is 1. The largest absolute Gasteiger partial charge is 0.480 e. The van der Waals surface area contributed by atoms with Crippen LogP contribution in [0.5, 0.6) is 0 Å². The third kappa shape index (κ3) is 4.47. The molecule has 0 fully saturated rings. The number of pyridine rings is 1. The lowest BCUT2D eigenvalue weighted by molar-refractivity contribution is -0.140. The first-order valence-electron chi connectivity index (χ1n) is 5.36. The van der Waals surface area contributed by atoms with E-state index >= 15 is 0 Å². The highest BCUT2D eigenvalue weighted by molar-refractivity contribution is 5.99. The number of nitrogens with one attached hydrogen (secondary N) is 2. The molecule has 0 aliphatic rings. The molecule has 7 heteroatoms. The molecule has 0 radical (unpaired) electrons. The van der Waals surface area contributed by atoms with Gasteiger partial charge >= 0.3 is 5.97 Å². The first-order chi connectivity index (χ1) is 9.04. The normalized spacial score (nSPS) is 12.1. The summed E-state index contributed by atoms with van der Waals surface area (Å²) in [4.78, 5) is 26.1. The van der Waals surface area contributed by atoms with Crippen LogP contribution in [0.1, 0.15) is 6.92 Å². The first kappa shape index (κ1) is 14.2. The highest BCUT2D eigenvalue weighted by atomic mass is 16.4. The van der Waals surface area contributed by atoms with Crippen molar-refractivity contribution in [3.05, 3.63) is 36.2 Å². The lowest BCUT2D eigenvalue weighted by atomic mass is 10.2. The van der Waals surface area contributed by atoms with Gasteiger partial charge in [-0.15, -0.1) is 0 Å². The van der Waals surface area contributed by atoms with Gasteiger partial charge in [0.25, 0.3) is 5.91 Å². The molecule has 19 heavy (non-hydrogen) atoms. The molecular weight excluding hydrogens is 248 g/mol. The number of carbonyl (C=O) groups excluding carboxylic acids is 1. The Labute approximate surface area is 109 Å². The van der Waals surface area contributed by atoms with Crippen molar-refractivity contribution in [2.24, 2.45) is 0 Å². The fourth-order valence-electron chi connectivity index (χ4n) is 1.08. The predicted octanol–water partition coefficient (Wildman–Crippen LogP) is 0.490. The lowest BCUT2D eigenvalue weighted by Gasteiger charge is -2.08. The van der Waals surface area contributed by atoms with Crippen molar-refractivity contribution in [3.8, 4) is 6.07 Å². The fraction of sp³-hybridized carbons (Fsp3) is 0.167. The third-order valence-corrected chi connectivity index (χ3v) is 2.11.